The van der Waals surface area contributed by atoms with Gasteiger partial charge in [0.2, 0.25) is 0 Å². The molecular weight excluding hydrogens is 515 g/mol. The number of thiophene rings is 1. The summed E-state index contributed by atoms with van der Waals surface area (Å²) >= 11 is 1.80. The van der Waals surface area contributed by atoms with Crippen LogP contribution in [0.25, 0.3) is 20.9 Å². The van der Waals surface area contributed by atoms with Crippen LogP contribution in [0.15, 0.2) is 133 Å². The maximum Gasteiger partial charge on any atom is 0.264 e. The highest BCUT2D eigenvalue weighted by molar-refractivity contribution is 7.34. The van der Waals surface area contributed by atoms with E-state index < -0.39 is 6.85 Å². The van der Waals surface area contributed by atoms with Crippen molar-refractivity contribution in [3.8, 4) is 0 Å². The lowest BCUT2D eigenvalue weighted by Crippen LogP contribution is -2.60. The molecule has 7 aromatic rings. The van der Waals surface area contributed by atoms with Crippen LogP contribution in [0.4, 0.5) is 34.1 Å². The van der Waals surface area contributed by atoms with Gasteiger partial charge in [-0.15, -0.1) is 11.3 Å². The summed E-state index contributed by atoms with van der Waals surface area (Å²) in [6.45, 7) is -2.24. The number of anilines is 6. The molecule has 0 spiro atoms. The van der Waals surface area contributed by atoms with Crippen LogP contribution in [0, 0.1) is 6.85 Å². The van der Waals surface area contributed by atoms with Crippen LogP contribution in [0.5, 0.6) is 0 Å². The summed E-state index contributed by atoms with van der Waals surface area (Å²) in [5.74, 6) is 0. The molecule has 3 heterocycles. The Morgan fingerprint density at radius 1 is 0.585 bits per heavy atom. The van der Waals surface area contributed by atoms with Crippen LogP contribution < -0.4 is 25.5 Å². The topological polar surface area (TPSA) is 6.48 Å². The third kappa shape index (κ3) is 3.14. The SMILES string of the molecule is [2H]C([2H])([2H])c1cc2c3c(sc2c2ccccc12)B1c2ccccc2N(c2ccccc2)c2cccc(c21)N3c1ccccc1. The van der Waals surface area contributed by atoms with Gasteiger partial charge in [-0.05, 0) is 82.6 Å². The first-order valence-electron chi connectivity index (χ1n) is 15.4. The average Bonchev–Trinajstić information content (AvgIpc) is 3.44. The van der Waals surface area contributed by atoms with Gasteiger partial charge in [-0.25, -0.2) is 0 Å². The minimum absolute atomic E-state index is 0.000279. The van der Waals surface area contributed by atoms with E-state index in [-0.39, 0.29) is 6.71 Å². The molecule has 0 saturated carbocycles. The van der Waals surface area contributed by atoms with Crippen LogP contribution in [0.2, 0.25) is 0 Å². The average molecular weight is 544 g/mol. The second kappa shape index (κ2) is 8.60. The molecule has 0 unspecified atom stereocenters. The first kappa shape index (κ1) is 20.1. The summed E-state index contributed by atoms with van der Waals surface area (Å²) in [4.78, 5) is 4.74. The largest absolute Gasteiger partial charge is 0.311 e. The normalized spacial score (nSPS) is 14.7. The summed E-state index contributed by atoms with van der Waals surface area (Å²) in [5.41, 5.74) is 9.59. The van der Waals surface area contributed by atoms with Gasteiger partial charge in [0.25, 0.3) is 6.71 Å². The number of benzene rings is 6. The van der Waals surface area contributed by atoms with Gasteiger partial charge in [0.05, 0.1) is 5.69 Å². The van der Waals surface area contributed by atoms with Crippen molar-refractivity contribution in [3.63, 3.8) is 0 Å². The zero-order valence-corrected chi connectivity index (χ0v) is 22.9. The second-order valence-electron chi connectivity index (χ2n) is 10.7. The highest BCUT2D eigenvalue weighted by atomic mass is 32.1. The minimum atomic E-state index is -2.24. The first-order valence-corrected chi connectivity index (χ1v) is 14.7. The van der Waals surface area contributed by atoms with Crippen molar-refractivity contribution in [2.75, 3.05) is 9.80 Å². The fourth-order valence-corrected chi connectivity index (χ4v) is 8.33. The molecular formula is C37H25BN2S. The van der Waals surface area contributed by atoms with Crippen molar-refractivity contribution in [1.82, 2.24) is 0 Å². The quantitative estimate of drug-likeness (QED) is 0.202. The van der Waals surface area contributed by atoms with Crippen LogP contribution in [0.3, 0.4) is 0 Å². The van der Waals surface area contributed by atoms with Gasteiger partial charge < -0.3 is 9.80 Å². The first-order chi connectivity index (χ1) is 21.5. The van der Waals surface area contributed by atoms with E-state index in [0.29, 0.717) is 5.56 Å². The number of fused-ring (bicyclic) bond motifs is 8. The standard InChI is InChI=1S/C37H25BN2S/c1-24-23-29-35-37(41-36(29)28-18-9-8-17-27(24)28)38-30-19-10-11-20-31(30)39(25-13-4-2-5-14-25)32-21-12-22-33(34(32)38)40(35)26-15-6-3-7-16-26/h2-23H,1H3/i1D3. The van der Waals surface area contributed by atoms with E-state index in [1.807, 2.05) is 30.3 Å². The van der Waals surface area contributed by atoms with E-state index in [1.165, 1.54) is 15.7 Å². The number of aryl methyl sites for hydroxylation is 1. The van der Waals surface area contributed by atoms with Crippen LogP contribution in [0.1, 0.15) is 9.68 Å². The van der Waals surface area contributed by atoms with Crippen LogP contribution in [-0.4, -0.2) is 6.71 Å². The molecule has 0 N–H and O–H groups in total. The Morgan fingerprint density at radius 2 is 1.20 bits per heavy atom. The molecule has 41 heavy (non-hydrogen) atoms. The highest BCUT2D eigenvalue weighted by Gasteiger charge is 2.44. The van der Waals surface area contributed by atoms with Gasteiger partial charge >= 0.3 is 0 Å². The Labute approximate surface area is 248 Å². The molecule has 0 fully saturated rings. The Morgan fingerprint density at radius 3 is 1.95 bits per heavy atom. The zero-order valence-electron chi connectivity index (χ0n) is 25.1. The van der Waals surface area contributed by atoms with E-state index in [9.17, 15) is 0 Å². The molecule has 0 aliphatic carbocycles. The lowest BCUT2D eigenvalue weighted by molar-refractivity contribution is 1.26. The van der Waals surface area contributed by atoms with Crippen molar-refractivity contribution in [1.29, 1.82) is 0 Å². The molecule has 2 nitrogen and oxygen atoms in total. The molecule has 0 saturated heterocycles. The van der Waals surface area contributed by atoms with E-state index >= 15 is 0 Å². The number of para-hydroxylation sites is 3. The minimum Gasteiger partial charge on any atom is -0.311 e. The molecule has 0 amide bonds. The van der Waals surface area contributed by atoms with E-state index in [1.54, 1.807) is 11.3 Å². The Kier molecular flexibility index (Phi) is 4.22. The van der Waals surface area contributed by atoms with E-state index in [0.717, 1.165) is 55.0 Å². The summed E-state index contributed by atoms with van der Waals surface area (Å²) in [7, 11) is 0. The van der Waals surface area contributed by atoms with Crippen molar-refractivity contribution in [2.45, 2.75) is 6.85 Å². The third-order valence-electron chi connectivity index (χ3n) is 8.53. The van der Waals surface area contributed by atoms with Crippen molar-refractivity contribution < 1.29 is 4.11 Å². The maximum absolute atomic E-state index is 8.49. The lowest BCUT2D eigenvalue weighted by Gasteiger charge is -2.43. The van der Waals surface area contributed by atoms with E-state index in [2.05, 4.69) is 113 Å². The zero-order chi connectivity index (χ0) is 29.6. The Bertz CT molecular complexity index is 2250. The number of rotatable bonds is 2. The summed E-state index contributed by atoms with van der Waals surface area (Å²) in [6.07, 6.45) is 0. The molecule has 192 valence electrons. The predicted octanol–water partition coefficient (Wildman–Crippen LogP) is 8.45. The van der Waals surface area contributed by atoms with Gasteiger partial charge in [-0.2, -0.15) is 0 Å². The molecule has 1 aromatic heterocycles. The molecule has 0 atom stereocenters. The molecule has 0 radical (unpaired) electrons. The monoisotopic (exact) mass is 543 g/mol. The highest BCUT2D eigenvalue weighted by Crippen LogP contribution is 2.48. The summed E-state index contributed by atoms with van der Waals surface area (Å²) < 4.78 is 27.8. The Hall–Kier alpha value is -4.80. The fourth-order valence-electron chi connectivity index (χ4n) is 6.89. The van der Waals surface area contributed by atoms with Crippen molar-refractivity contribution in [2.24, 2.45) is 0 Å². The van der Waals surface area contributed by atoms with Gasteiger partial charge in [-0.3, -0.25) is 0 Å². The van der Waals surface area contributed by atoms with Crippen LogP contribution >= 0.6 is 11.3 Å². The fraction of sp³-hybridized carbons (Fsp3) is 0.0270. The molecule has 2 aliphatic heterocycles. The summed E-state index contributed by atoms with van der Waals surface area (Å²) in [6, 6.07) is 46.3. The maximum atomic E-state index is 8.49. The molecule has 4 heteroatoms. The Balaban J connectivity index is 1.44. The smallest absolute Gasteiger partial charge is 0.264 e. The van der Waals surface area contributed by atoms with Crippen molar-refractivity contribution in [3.05, 3.63) is 139 Å². The lowest BCUT2D eigenvalue weighted by atomic mass is 9.36. The predicted molar refractivity (Wildman–Crippen MR) is 178 cm³/mol. The number of hydrogen-bond acceptors (Lipinski definition) is 3. The van der Waals surface area contributed by atoms with E-state index in [4.69, 9.17) is 4.11 Å². The summed E-state index contributed by atoms with van der Waals surface area (Å²) in [5, 5.41) is 2.77. The number of hydrogen-bond donors (Lipinski definition) is 0. The third-order valence-corrected chi connectivity index (χ3v) is 9.82. The van der Waals surface area contributed by atoms with Gasteiger partial charge in [0.15, 0.2) is 0 Å². The second-order valence-corrected chi connectivity index (χ2v) is 11.8. The van der Waals surface area contributed by atoms with Crippen molar-refractivity contribution >= 4 is 88.7 Å². The van der Waals surface area contributed by atoms with Gasteiger partial charge in [-0.1, -0.05) is 84.9 Å². The molecule has 6 aromatic carbocycles. The van der Waals surface area contributed by atoms with Gasteiger partial charge in [0, 0.05) is 47.4 Å². The molecule has 2 aliphatic rings. The molecule has 0 bridgehead atoms. The van der Waals surface area contributed by atoms with Crippen LogP contribution in [-0.2, 0) is 0 Å². The van der Waals surface area contributed by atoms with Gasteiger partial charge in [0.1, 0.15) is 0 Å². The molecule has 9 rings (SSSR count). The number of nitrogens with zero attached hydrogens (tertiary/aromatic N) is 2.